The molecule has 1 aliphatic carbocycles. The van der Waals surface area contributed by atoms with Gasteiger partial charge in [-0.1, -0.05) is 91.9 Å². The predicted molar refractivity (Wildman–Crippen MR) is 132 cm³/mol. The monoisotopic (exact) mass is 424 g/mol. The average molecular weight is 425 g/mol. The van der Waals surface area contributed by atoms with Crippen LogP contribution in [0, 0.1) is 19.8 Å². The van der Waals surface area contributed by atoms with Crippen LogP contribution in [0.5, 0.6) is 0 Å². The second kappa shape index (κ2) is 9.68. The molecule has 32 heavy (non-hydrogen) atoms. The maximum Gasteiger partial charge on any atom is 0.105 e. The van der Waals surface area contributed by atoms with Gasteiger partial charge in [-0.25, -0.2) is 0 Å². The molecule has 2 N–H and O–H groups in total. The Hall–Kier alpha value is -2.94. The van der Waals surface area contributed by atoms with E-state index in [1.807, 2.05) is 62.4 Å². The molecule has 0 heterocycles. The topological polar surface area (TPSA) is 40.5 Å². The first-order valence-electron chi connectivity index (χ1n) is 11.4. The second-order valence-corrected chi connectivity index (χ2v) is 9.08. The SMILES string of the molecule is Cc1ccccc1C(O)c1cc(Cc2cccc(C(O)C3=CC=CC(C)C3)c2)ccc1C. The number of benzene rings is 3. The van der Waals surface area contributed by atoms with E-state index in [1.54, 1.807) is 0 Å². The van der Waals surface area contributed by atoms with Gasteiger partial charge in [-0.15, -0.1) is 0 Å². The summed E-state index contributed by atoms with van der Waals surface area (Å²) in [5.74, 6) is 0.457. The Morgan fingerprint density at radius 3 is 2.34 bits per heavy atom. The van der Waals surface area contributed by atoms with E-state index in [9.17, 15) is 10.2 Å². The highest BCUT2D eigenvalue weighted by atomic mass is 16.3. The second-order valence-electron chi connectivity index (χ2n) is 9.08. The summed E-state index contributed by atoms with van der Waals surface area (Å²) in [5.41, 5.74) is 8.37. The van der Waals surface area contributed by atoms with Crippen molar-refractivity contribution in [3.8, 4) is 0 Å². The lowest BCUT2D eigenvalue weighted by atomic mass is 9.88. The molecule has 0 radical (unpaired) electrons. The van der Waals surface area contributed by atoms with Crippen molar-refractivity contribution < 1.29 is 10.2 Å². The van der Waals surface area contributed by atoms with Gasteiger partial charge in [0.05, 0.1) is 0 Å². The van der Waals surface area contributed by atoms with E-state index in [0.29, 0.717) is 5.92 Å². The van der Waals surface area contributed by atoms with Crippen LogP contribution in [0.2, 0.25) is 0 Å². The molecule has 0 fully saturated rings. The molecule has 2 heteroatoms. The third-order valence-electron chi connectivity index (χ3n) is 6.46. The average Bonchev–Trinajstić information content (AvgIpc) is 2.80. The fourth-order valence-corrected chi connectivity index (χ4v) is 4.56. The number of rotatable bonds is 6. The van der Waals surface area contributed by atoms with E-state index in [0.717, 1.165) is 57.4 Å². The van der Waals surface area contributed by atoms with Crippen molar-refractivity contribution in [1.82, 2.24) is 0 Å². The quantitative estimate of drug-likeness (QED) is 0.472. The number of aryl methyl sites for hydroxylation is 2. The minimum absolute atomic E-state index is 0.457. The lowest BCUT2D eigenvalue weighted by Gasteiger charge is -2.21. The van der Waals surface area contributed by atoms with Gasteiger partial charge in [0.2, 0.25) is 0 Å². The van der Waals surface area contributed by atoms with Crippen LogP contribution in [-0.4, -0.2) is 10.2 Å². The lowest BCUT2D eigenvalue weighted by Crippen LogP contribution is -2.08. The standard InChI is InChI=1S/C30H32O2/c1-20-8-6-11-25(16-20)29(31)26-12-7-10-23(18-26)17-24-15-14-22(3)28(19-24)30(32)27-13-5-4-9-21(27)2/h4-15,18-20,29-32H,16-17H2,1-3H3. The molecule has 164 valence electrons. The first-order valence-corrected chi connectivity index (χ1v) is 11.4. The molecule has 0 bridgehead atoms. The minimum atomic E-state index is -0.641. The molecule has 3 aromatic rings. The van der Waals surface area contributed by atoms with Crippen molar-refractivity contribution in [3.05, 3.63) is 129 Å². The molecule has 0 saturated heterocycles. The van der Waals surface area contributed by atoms with Gasteiger partial charge in [0.1, 0.15) is 12.2 Å². The zero-order valence-electron chi connectivity index (χ0n) is 19.1. The van der Waals surface area contributed by atoms with Gasteiger partial charge in [0.25, 0.3) is 0 Å². The summed E-state index contributed by atoms with van der Waals surface area (Å²) in [6, 6.07) is 22.6. The molecule has 3 aromatic carbocycles. The molecule has 0 aliphatic heterocycles. The van der Waals surface area contributed by atoms with Crippen LogP contribution in [0.15, 0.2) is 90.5 Å². The van der Waals surface area contributed by atoms with E-state index in [2.05, 4.69) is 43.3 Å². The van der Waals surface area contributed by atoms with Gasteiger partial charge in [0, 0.05) is 0 Å². The van der Waals surface area contributed by atoms with Crippen LogP contribution >= 0.6 is 0 Å². The van der Waals surface area contributed by atoms with Crippen LogP contribution in [0.3, 0.4) is 0 Å². The Labute approximate surface area is 191 Å². The Morgan fingerprint density at radius 1 is 0.812 bits per heavy atom. The molecule has 1 aliphatic rings. The van der Waals surface area contributed by atoms with Crippen LogP contribution in [-0.2, 0) is 6.42 Å². The molecule has 0 spiro atoms. The van der Waals surface area contributed by atoms with Crippen molar-refractivity contribution in [1.29, 1.82) is 0 Å². The zero-order valence-corrected chi connectivity index (χ0v) is 19.1. The smallest absolute Gasteiger partial charge is 0.105 e. The lowest BCUT2D eigenvalue weighted by molar-refractivity contribution is 0.208. The highest BCUT2D eigenvalue weighted by molar-refractivity contribution is 5.42. The predicted octanol–water partition coefficient (Wildman–Crippen LogP) is 6.53. The van der Waals surface area contributed by atoms with Crippen molar-refractivity contribution in [2.24, 2.45) is 5.92 Å². The van der Waals surface area contributed by atoms with E-state index in [4.69, 9.17) is 0 Å². The maximum atomic E-state index is 11.1. The summed E-state index contributed by atoms with van der Waals surface area (Å²) < 4.78 is 0. The number of aliphatic hydroxyl groups is 2. The summed E-state index contributed by atoms with van der Waals surface area (Å²) in [5, 5.41) is 22.0. The molecule has 4 rings (SSSR count). The number of aliphatic hydroxyl groups excluding tert-OH is 2. The maximum absolute atomic E-state index is 11.1. The Kier molecular flexibility index (Phi) is 6.74. The summed E-state index contributed by atoms with van der Waals surface area (Å²) in [6.45, 7) is 6.25. The van der Waals surface area contributed by atoms with Gasteiger partial charge >= 0.3 is 0 Å². The normalized spacial score (nSPS) is 17.7. The third-order valence-corrected chi connectivity index (χ3v) is 6.46. The molecule has 0 aromatic heterocycles. The van der Waals surface area contributed by atoms with Crippen molar-refractivity contribution in [2.45, 2.75) is 45.8 Å². The third kappa shape index (κ3) is 4.93. The van der Waals surface area contributed by atoms with E-state index >= 15 is 0 Å². The molecule has 2 nitrogen and oxygen atoms in total. The Balaban J connectivity index is 1.57. The van der Waals surface area contributed by atoms with Crippen molar-refractivity contribution >= 4 is 0 Å². The molecule has 0 amide bonds. The number of allylic oxidation sites excluding steroid dienone is 3. The Bertz CT molecular complexity index is 1150. The van der Waals surface area contributed by atoms with Crippen LogP contribution in [0.1, 0.15) is 64.5 Å². The molecular formula is C30H32O2. The first kappa shape index (κ1) is 22.3. The molecular weight excluding hydrogens is 392 g/mol. The van der Waals surface area contributed by atoms with E-state index in [-0.39, 0.29) is 0 Å². The molecule has 0 saturated carbocycles. The summed E-state index contributed by atoms with van der Waals surface area (Å²) in [7, 11) is 0. The van der Waals surface area contributed by atoms with Gasteiger partial charge < -0.3 is 10.2 Å². The molecule has 3 atom stereocenters. The van der Waals surface area contributed by atoms with Gasteiger partial charge in [-0.3, -0.25) is 0 Å². The number of hydrogen-bond acceptors (Lipinski definition) is 2. The summed E-state index contributed by atoms with van der Waals surface area (Å²) in [6.07, 6.45) is 6.69. The zero-order chi connectivity index (χ0) is 22.7. The fourth-order valence-electron chi connectivity index (χ4n) is 4.56. The summed E-state index contributed by atoms with van der Waals surface area (Å²) in [4.78, 5) is 0. The minimum Gasteiger partial charge on any atom is -0.384 e. The largest absolute Gasteiger partial charge is 0.384 e. The van der Waals surface area contributed by atoms with Crippen molar-refractivity contribution in [3.63, 3.8) is 0 Å². The highest BCUT2D eigenvalue weighted by Crippen LogP contribution is 2.31. The van der Waals surface area contributed by atoms with Gasteiger partial charge in [-0.05, 0) is 77.1 Å². The highest BCUT2D eigenvalue weighted by Gasteiger charge is 2.18. The van der Waals surface area contributed by atoms with Gasteiger partial charge in [0.15, 0.2) is 0 Å². The van der Waals surface area contributed by atoms with Crippen LogP contribution in [0.4, 0.5) is 0 Å². The van der Waals surface area contributed by atoms with Gasteiger partial charge in [-0.2, -0.15) is 0 Å². The Morgan fingerprint density at radius 2 is 1.56 bits per heavy atom. The van der Waals surface area contributed by atoms with E-state index in [1.165, 1.54) is 0 Å². The fraction of sp³-hybridized carbons (Fsp3) is 0.267. The van der Waals surface area contributed by atoms with Crippen molar-refractivity contribution in [2.75, 3.05) is 0 Å². The van der Waals surface area contributed by atoms with E-state index < -0.39 is 12.2 Å². The first-order chi connectivity index (χ1) is 15.4. The van der Waals surface area contributed by atoms with Crippen LogP contribution < -0.4 is 0 Å². The summed E-state index contributed by atoms with van der Waals surface area (Å²) >= 11 is 0. The number of hydrogen-bond donors (Lipinski definition) is 2. The molecule has 3 unspecified atom stereocenters. The van der Waals surface area contributed by atoms with Crippen LogP contribution in [0.25, 0.3) is 0 Å².